The molecule has 0 unspecified atom stereocenters. The number of carbonyl (C=O) groups is 2. The minimum atomic E-state index is -5.15. The van der Waals surface area contributed by atoms with Crippen molar-refractivity contribution in [3.63, 3.8) is 0 Å². The predicted octanol–water partition coefficient (Wildman–Crippen LogP) is -5.95. The van der Waals surface area contributed by atoms with E-state index >= 15 is 0 Å². The standard InChI is InChI=1S/C38H30N8O10S2.C32H24N8O12S3.K.3Na/c1-3-56-22-9-10-26(31(19-22)58(52,53)54)41-37-42-36(43-38(44-37)46-14-16-55-17-15-46)39-21-8-13-30(57(49,50)51)28(18-21)40-27-11-12-29-33-25(20-32(47)45(29)2)23-6-4-5-7-24(23)35(48)34(27)33;1-40-23-9-8-20(28-27(23)19(14-26(40)41)17-4-2-3-5-18(17)29(28)42)35-21-12-15(6-10-24(21)54(47,48)49)34-30-37-31(39-32(43)38-30)36-22-13-16(53(44,45)46)7-11-25(22)55(50,51)52-33;;;;/h1,4-13,18-20,40H,14-17H2,2H3,(H,49,50,51)(H,52,53,54)(H2,39,41,42,43,44);2-14,35H,33H2,1H3,(H,44,45,46)(H,47,48,49)(H3,34,36,37,38,39,43);;;;/q;;4*+1/p-4. The zero-order valence-corrected chi connectivity index (χ0v) is 74.8. The number of pyridine rings is 2. The number of hydrogen-bond donors (Lipinski definition) is 8. The SMILES string of the molecule is C#COc1ccc(Nc2nc(Nc3ccc(S(=O)(=O)[O-])c(Nc4ccc5c6c(cc(=O)n5C)-c5ccccc5C(=O)c46)c3)nc(N3CCOCC3)n2)c(S(=O)(=O)[O-])c1.Cn1c(=O)cc2c3c(c(Nc4cc(Nc5nc(O)nc(Nc6cc(S(=O)(=O)[O-])ccc6S(=O)(=O)ON)n5)ccc4S(=O)(=O)[O-])ccc31)C(=O)c1ccccc1-2.[K+].[Na+].[Na+].[Na+]. The van der Waals surface area contributed by atoms with Gasteiger partial charge in [0.1, 0.15) is 57.2 Å². The molecule has 0 atom stereocenters. The molecule has 2 aliphatic carbocycles. The molecule has 47 heteroatoms. The molecule has 1 saturated heterocycles. The van der Waals surface area contributed by atoms with Crippen molar-refractivity contribution < 1.29 is 229 Å². The van der Waals surface area contributed by atoms with Crippen molar-refractivity contribution in [1.82, 2.24) is 39.0 Å². The van der Waals surface area contributed by atoms with Crippen LogP contribution in [0.25, 0.3) is 44.1 Å². The van der Waals surface area contributed by atoms with Crippen LogP contribution in [-0.2, 0) is 73.7 Å². The van der Waals surface area contributed by atoms with E-state index in [4.69, 9.17) is 21.8 Å². The van der Waals surface area contributed by atoms with Gasteiger partial charge in [0.25, 0.3) is 11.1 Å². The number of nitrogens with one attached hydrogen (secondary N) is 6. The minimum absolute atomic E-state index is 0. The first-order valence-corrected chi connectivity index (χ1v) is 39.5. The molecular weight excluding hydrogens is 1690 g/mol. The number of terminal acetylenes is 1. The molecule has 15 rings (SSSR count). The number of ketones is 2. The van der Waals surface area contributed by atoms with Gasteiger partial charge in [-0.15, -0.1) is 0 Å². The number of nitrogens with zero attached hydrogens (tertiary/aromatic N) is 9. The number of morpholine rings is 1. The van der Waals surface area contributed by atoms with Crippen molar-refractivity contribution in [2.45, 2.75) is 24.5 Å². The largest absolute Gasteiger partial charge is 1.00 e. The van der Waals surface area contributed by atoms with E-state index in [0.717, 1.165) is 30.3 Å². The molecule has 0 amide bonds. The summed E-state index contributed by atoms with van der Waals surface area (Å²) >= 11 is 0. The summed E-state index contributed by atoms with van der Waals surface area (Å²) in [5.41, 5.74) is 2.33. The molecule has 38 nitrogen and oxygen atoms in total. The van der Waals surface area contributed by atoms with Crippen LogP contribution in [0.5, 0.6) is 11.8 Å². The number of nitrogens with two attached hydrogens (primary N) is 1. The van der Waals surface area contributed by atoms with E-state index < -0.39 is 104 Å². The van der Waals surface area contributed by atoms with Gasteiger partial charge < -0.3 is 78.7 Å². The fourth-order valence-electron chi connectivity index (χ4n) is 12.8. The van der Waals surface area contributed by atoms with E-state index in [1.165, 1.54) is 64.7 Å². The topological polar surface area (TPSA) is 568 Å². The first-order chi connectivity index (χ1) is 53.5. The second-order valence-corrected chi connectivity index (χ2v) is 31.6. The molecule has 576 valence electrons. The number of carbonyl (C=O) groups excluding carboxylic acids is 2. The maximum Gasteiger partial charge on any atom is 1.00 e. The minimum Gasteiger partial charge on any atom is -0.744 e. The maximum absolute atomic E-state index is 14.1. The van der Waals surface area contributed by atoms with Crippen molar-refractivity contribution in [2.75, 3.05) is 63.1 Å². The fraction of sp³-hybridized carbons (Fsp3) is 0.0857. The number of aromatic hydroxyl groups is 1. The van der Waals surface area contributed by atoms with E-state index in [1.807, 2.05) is 6.11 Å². The van der Waals surface area contributed by atoms with Crippen LogP contribution in [0.15, 0.2) is 192 Å². The van der Waals surface area contributed by atoms with E-state index in [-0.39, 0.29) is 237 Å². The Morgan fingerprint density at radius 3 is 1.33 bits per heavy atom. The zero-order valence-electron chi connectivity index (χ0n) is 61.6. The van der Waals surface area contributed by atoms with Crippen molar-refractivity contribution in [3.8, 4) is 46.5 Å². The Labute approximate surface area is 772 Å². The smallest absolute Gasteiger partial charge is 0.744 e. The van der Waals surface area contributed by atoms with Gasteiger partial charge in [-0.05, 0) is 113 Å². The third-order valence-corrected chi connectivity index (χ3v) is 22.5. The Kier molecular flexibility index (Phi) is 27.7. The molecule has 5 heterocycles. The summed E-state index contributed by atoms with van der Waals surface area (Å²) in [7, 11) is -22.0. The molecule has 3 aliphatic rings. The number of anilines is 13. The maximum atomic E-state index is 14.1. The Hall–Kier alpha value is -8.59. The molecule has 4 aromatic heterocycles. The summed E-state index contributed by atoms with van der Waals surface area (Å²) in [5.74, 6) is 2.75. The summed E-state index contributed by atoms with van der Waals surface area (Å²) in [4.78, 5) is 76.7. The predicted molar refractivity (Wildman–Crippen MR) is 400 cm³/mol. The number of hydrogen-bond acceptors (Lipinski definition) is 36. The summed E-state index contributed by atoms with van der Waals surface area (Å²) in [6, 6.07) is 34.0. The number of ether oxygens (including phenoxy) is 2. The summed E-state index contributed by atoms with van der Waals surface area (Å²) in [6.07, 6.45) is 7.07. The molecule has 1 aliphatic heterocycles. The second-order valence-electron chi connectivity index (χ2n) is 24.7. The molecule has 0 bridgehead atoms. The number of aromatic nitrogens is 8. The molecule has 9 N–H and O–H groups in total. The molecule has 0 spiro atoms. The Morgan fingerprint density at radius 2 is 0.880 bits per heavy atom. The van der Waals surface area contributed by atoms with Crippen molar-refractivity contribution in [2.24, 2.45) is 20.0 Å². The van der Waals surface area contributed by atoms with Crippen LogP contribution in [0, 0.1) is 12.5 Å². The number of aryl methyl sites for hydroxylation is 2. The Balaban J connectivity index is 0.000000239. The first kappa shape index (κ1) is 90.7. The van der Waals surface area contributed by atoms with Gasteiger partial charge >= 0.3 is 156 Å². The van der Waals surface area contributed by atoms with Crippen molar-refractivity contribution in [1.29, 1.82) is 0 Å². The summed E-state index contributed by atoms with van der Waals surface area (Å²) in [6.45, 7) is 1.49. The Morgan fingerprint density at radius 1 is 0.462 bits per heavy atom. The quantitative estimate of drug-likeness (QED) is 0.0152. The fourth-order valence-corrected chi connectivity index (χ4v) is 15.9. The summed E-state index contributed by atoms with van der Waals surface area (Å²) in [5, 5.41) is 27.8. The van der Waals surface area contributed by atoms with Crippen LogP contribution >= 0.6 is 0 Å². The van der Waals surface area contributed by atoms with Gasteiger partial charge in [0.2, 0.25) is 29.7 Å². The summed E-state index contributed by atoms with van der Waals surface area (Å²) < 4.78 is 188. The van der Waals surface area contributed by atoms with Gasteiger partial charge in [0.05, 0.1) is 89.1 Å². The van der Waals surface area contributed by atoms with Gasteiger partial charge in [-0.3, -0.25) is 19.2 Å². The van der Waals surface area contributed by atoms with Gasteiger partial charge in [-0.2, -0.15) is 48.5 Å². The van der Waals surface area contributed by atoms with E-state index in [1.54, 1.807) is 72.6 Å². The van der Waals surface area contributed by atoms with E-state index in [0.29, 0.717) is 94.1 Å². The number of rotatable bonds is 20. The van der Waals surface area contributed by atoms with Crippen molar-refractivity contribution in [3.05, 3.63) is 201 Å². The van der Waals surface area contributed by atoms with Crippen LogP contribution in [0.2, 0.25) is 0 Å². The van der Waals surface area contributed by atoms with Gasteiger partial charge in [0.15, 0.2) is 11.6 Å². The molecule has 117 heavy (non-hydrogen) atoms. The molecule has 8 aromatic carbocycles. The van der Waals surface area contributed by atoms with Crippen LogP contribution in [0.1, 0.15) is 31.8 Å². The van der Waals surface area contributed by atoms with Gasteiger partial charge in [-0.1, -0.05) is 55.0 Å². The van der Waals surface area contributed by atoms with Crippen molar-refractivity contribution >= 4 is 159 Å². The molecule has 0 radical (unpaired) electrons. The molecule has 12 aromatic rings. The number of fused-ring (bicyclic) bond motifs is 4. The van der Waals surface area contributed by atoms with E-state index in [2.05, 4.69) is 66.1 Å². The van der Waals surface area contributed by atoms with E-state index in [9.17, 15) is 84.6 Å². The molecule has 1 fully saturated rings. The van der Waals surface area contributed by atoms with Gasteiger partial charge in [0, 0.05) is 78.7 Å². The Bertz CT molecular complexity index is 6930. The molecule has 0 saturated carbocycles. The van der Waals surface area contributed by atoms with Crippen LogP contribution in [0.4, 0.5) is 75.2 Å². The van der Waals surface area contributed by atoms with Crippen LogP contribution < -0.4 is 199 Å². The van der Waals surface area contributed by atoms with Gasteiger partial charge in [-0.25, -0.2) is 33.7 Å². The molecular formula is C70H50KN16Na3O22S5. The zero-order chi connectivity index (χ0) is 80.5. The van der Waals surface area contributed by atoms with Crippen LogP contribution in [-0.4, -0.2) is 142 Å². The van der Waals surface area contributed by atoms with Crippen LogP contribution in [0.3, 0.4) is 0 Å². The third kappa shape index (κ3) is 18.9. The second kappa shape index (κ2) is 35.8. The third-order valence-electron chi connectivity index (χ3n) is 17.8. The average molecular weight is 1740 g/mol. The monoisotopic (exact) mass is 1730 g/mol. The first-order valence-electron chi connectivity index (χ1n) is 32.5. The normalized spacial score (nSPS) is 12.8. The average Bonchev–Trinajstić information content (AvgIpc) is 0.723. The number of benzene rings is 8.